The number of carbonyl (C=O) groups is 1. The molecule has 1 nitrogen and oxygen atoms in total. The van der Waals surface area contributed by atoms with E-state index in [-0.39, 0.29) is 0 Å². The summed E-state index contributed by atoms with van der Waals surface area (Å²) in [6.45, 7) is 4.28. The Balaban J connectivity index is 2.44. The van der Waals surface area contributed by atoms with Gasteiger partial charge in [-0.05, 0) is 18.3 Å². The number of rotatable bonds is 0. The fourth-order valence-corrected chi connectivity index (χ4v) is 1.20. The van der Waals surface area contributed by atoms with Crippen LogP contribution < -0.4 is 0 Å². The molecule has 0 amide bonds. The molecule has 0 bridgehead atoms. The average Bonchev–Trinajstić information content (AvgIpc) is 1.80. The molecule has 0 aromatic carbocycles. The van der Waals surface area contributed by atoms with Gasteiger partial charge in [0, 0.05) is 12.8 Å². The first-order valence-corrected chi connectivity index (χ1v) is 3.54. The van der Waals surface area contributed by atoms with Crippen LogP contribution in [-0.2, 0) is 4.79 Å². The van der Waals surface area contributed by atoms with E-state index in [1.807, 2.05) is 0 Å². The van der Waals surface area contributed by atoms with Gasteiger partial charge in [0.05, 0.1) is 0 Å². The zero-order chi connectivity index (χ0) is 6.85. The van der Waals surface area contributed by atoms with Gasteiger partial charge in [0.15, 0.2) is 0 Å². The summed E-state index contributed by atoms with van der Waals surface area (Å²) in [4.78, 5) is 10.8. The van der Waals surface area contributed by atoms with Crippen molar-refractivity contribution >= 4 is 5.78 Å². The molecule has 1 saturated carbocycles. The zero-order valence-electron chi connectivity index (χ0n) is 6.11. The van der Waals surface area contributed by atoms with Gasteiger partial charge in [0.1, 0.15) is 5.78 Å². The molecule has 0 aliphatic heterocycles. The molecule has 1 atom stereocenters. The van der Waals surface area contributed by atoms with Crippen LogP contribution in [0.5, 0.6) is 0 Å². The fraction of sp³-hybridized carbons (Fsp3) is 0.750. The van der Waals surface area contributed by atoms with E-state index in [4.69, 9.17) is 0 Å². The number of Topliss-reactive ketones (excluding diaryl/α,β-unsaturated/α-hetero) is 1. The van der Waals surface area contributed by atoms with Crippen LogP contribution in [0.2, 0.25) is 0 Å². The van der Waals surface area contributed by atoms with Crippen molar-refractivity contribution < 1.29 is 4.79 Å². The van der Waals surface area contributed by atoms with Crippen LogP contribution in [0.1, 0.15) is 33.1 Å². The molecule has 0 aromatic heterocycles. The Kier molecular flexibility index (Phi) is 1.89. The van der Waals surface area contributed by atoms with Crippen LogP contribution in [0, 0.1) is 11.8 Å². The molecule has 1 aliphatic rings. The molecular formula is C8H13O. The molecule has 0 saturated heterocycles. The molecule has 1 radical (unpaired) electrons. The average molecular weight is 125 g/mol. The Morgan fingerprint density at radius 3 is 2.67 bits per heavy atom. The second-order valence-electron chi connectivity index (χ2n) is 3.00. The van der Waals surface area contributed by atoms with Gasteiger partial charge >= 0.3 is 0 Å². The summed E-state index contributed by atoms with van der Waals surface area (Å²) in [5.41, 5.74) is 0. The lowest BCUT2D eigenvalue weighted by molar-refractivity contribution is -0.120. The number of ketones is 1. The third kappa shape index (κ3) is 1.54. The Morgan fingerprint density at radius 2 is 2.22 bits per heavy atom. The molecule has 1 heteroatoms. The van der Waals surface area contributed by atoms with E-state index in [9.17, 15) is 4.79 Å². The van der Waals surface area contributed by atoms with Crippen LogP contribution in [0.15, 0.2) is 0 Å². The summed E-state index contributed by atoms with van der Waals surface area (Å²) in [7, 11) is 0. The number of hydrogen-bond acceptors (Lipinski definition) is 1. The highest BCUT2D eigenvalue weighted by molar-refractivity contribution is 5.81. The van der Waals surface area contributed by atoms with Gasteiger partial charge in [-0.1, -0.05) is 13.8 Å². The lowest BCUT2D eigenvalue weighted by Crippen LogP contribution is -2.18. The maximum absolute atomic E-state index is 10.8. The topological polar surface area (TPSA) is 17.1 Å². The molecule has 1 unspecified atom stereocenters. The van der Waals surface area contributed by atoms with Gasteiger partial charge in [0.2, 0.25) is 0 Å². The SMILES string of the molecule is C[C]1CC(=O)CCC1C. The van der Waals surface area contributed by atoms with Crippen molar-refractivity contribution in [1.82, 2.24) is 0 Å². The van der Waals surface area contributed by atoms with Crippen molar-refractivity contribution in [1.29, 1.82) is 0 Å². The minimum absolute atomic E-state index is 0.422. The molecule has 1 aliphatic carbocycles. The standard InChI is InChI=1S/C8H13O/c1-6-3-4-8(9)5-7(6)2/h6H,3-5H2,1-2H3. The minimum atomic E-state index is 0.422. The number of carbonyl (C=O) groups excluding carboxylic acids is 1. The molecular weight excluding hydrogens is 112 g/mol. The summed E-state index contributed by atoms with van der Waals surface area (Å²) >= 11 is 0. The fourth-order valence-electron chi connectivity index (χ4n) is 1.20. The lowest BCUT2D eigenvalue weighted by atomic mass is 9.81. The summed E-state index contributed by atoms with van der Waals surface area (Å²) < 4.78 is 0. The minimum Gasteiger partial charge on any atom is -0.300 e. The highest BCUT2D eigenvalue weighted by Gasteiger charge is 2.22. The predicted molar refractivity (Wildman–Crippen MR) is 36.9 cm³/mol. The monoisotopic (exact) mass is 125 g/mol. The normalized spacial score (nSPS) is 30.9. The highest BCUT2D eigenvalue weighted by atomic mass is 16.1. The van der Waals surface area contributed by atoms with Gasteiger partial charge in [-0.15, -0.1) is 0 Å². The smallest absolute Gasteiger partial charge is 0.133 e. The van der Waals surface area contributed by atoms with E-state index >= 15 is 0 Å². The maximum atomic E-state index is 10.8. The van der Waals surface area contributed by atoms with Crippen LogP contribution in [0.3, 0.4) is 0 Å². The second-order valence-corrected chi connectivity index (χ2v) is 3.00. The zero-order valence-corrected chi connectivity index (χ0v) is 6.11. The summed E-state index contributed by atoms with van der Waals surface area (Å²) in [5.74, 6) is 2.47. The van der Waals surface area contributed by atoms with Crippen molar-refractivity contribution in [3.63, 3.8) is 0 Å². The maximum Gasteiger partial charge on any atom is 0.133 e. The quantitative estimate of drug-likeness (QED) is 0.483. The first-order chi connectivity index (χ1) is 4.20. The number of hydrogen-bond donors (Lipinski definition) is 0. The van der Waals surface area contributed by atoms with Crippen molar-refractivity contribution in [2.24, 2.45) is 5.92 Å². The molecule has 9 heavy (non-hydrogen) atoms. The summed E-state index contributed by atoms with van der Waals surface area (Å²) in [6, 6.07) is 0. The molecule has 0 N–H and O–H groups in total. The van der Waals surface area contributed by atoms with Gasteiger partial charge in [-0.2, -0.15) is 0 Å². The van der Waals surface area contributed by atoms with E-state index in [1.165, 1.54) is 5.92 Å². The van der Waals surface area contributed by atoms with Crippen LogP contribution in [-0.4, -0.2) is 5.78 Å². The van der Waals surface area contributed by atoms with Gasteiger partial charge in [-0.25, -0.2) is 0 Å². The first-order valence-electron chi connectivity index (χ1n) is 3.54. The predicted octanol–water partition coefficient (Wildman–Crippen LogP) is 1.97. The van der Waals surface area contributed by atoms with E-state index in [1.54, 1.807) is 0 Å². The molecule has 1 rings (SSSR count). The van der Waals surface area contributed by atoms with Crippen LogP contribution >= 0.6 is 0 Å². The van der Waals surface area contributed by atoms with Crippen LogP contribution in [0.4, 0.5) is 0 Å². The second kappa shape index (κ2) is 2.51. The Hall–Kier alpha value is -0.330. The largest absolute Gasteiger partial charge is 0.300 e. The van der Waals surface area contributed by atoms with Crippen molar-refractivity contribution in [2.75, 3.05) is 0 Å². The lowest BCUT2D eigenvalue weighted by Gasteiger charge is -2.23. The third-order valence-electron chi connectivity index (χ3n) is 2.17. The molecule has 0 heterocycles. The van der Waals surface area contributed by atoms with Gasteiger partial charge in [0.25, 0.3) is 0 Å². The van der Waals surface area contributed by atoms with E-state index in [0.29, 0.717) is 11.7 Å². The van der Waals surface area contributed by atoms with E-state index in [2.05, 4.69) is 13.8 Å². The van der Waals surface area contributed by atoms with Gasteiger partial charge in [-0.3, -0.25) is 4.79 Å². The molecule has 1 fully saturated rings. The first kappa shape index (κ1) is 6.79. The Bertz CT molecular complexity index is 118. The summed E-state index contributed by atoms with van der Waals surface area (Å²) in [5, 5.41) is 0. The van der Waals surface area contributed by atoms with Crippen molar-refractivity contribution in [3.05, 3.63) is 5.92 Å². The van der Waals surface area contributed by atoms with Crippen molar-refractivity contribution in [3.8, 4) is 0 Å². The third-order valence-corrected chi connectivity index (χ3v) is 2.17. The van der Waals surface area contributed by atoms with E-state index in [0.717, 1.165) is 19.3 Å². The van der Waals surface area contributed by atoms with Crippen LogP contribution in [0.25, 0.3) is 0 Å². The van der Waals surface area contributed by atoms with E-state index < -0.39 is 0 Å². The van der Waals surface area contributed by atoms with Gasteiger partial charge < -0.3 is 0 Å². The molecule has 51 valence electrons. The molecule has 0 spiro atoms. The highest BCUT2D eigenvalue weighted by Crippen LogP contribution is 2.28. The Labute approximate surface area is 56.4 Å². The Morgan fingerprint density at radius 1 is 1.56 bits per heavy atom. The summed E-state index contributed by atoms with van der Waals surface area (Å²) in [6.07, 6.45) is 2.62. The molecule has 0 aromatic rings. The van der Waals surface area contributed by atoms with Crippen molar-refractivity contribution in [2.45, 2.75) is 33.1 Å².